The molecule has 0 saturated carbocycles. The highest BCUT2D eigenvalue weighted by atomic mass is 16.5. The van der Waals surface area contributed by atoms with Gasteiger partial charge in [0.2, 0.25) is 0 Å². The van der Waals surface area contributed by atoms with E-state index in [4.69, 9.17) is 14.6 Å². The van der Waals surface area contributed by atoms with Gasteiger partial charge in [0.05, 0.1) is 19.8 Å². The second-order valence-corrected chi connectivity index (χ2v) is 4.68. The van der Waals surface area contributed by atoms with Crippen LogP contribution < -0.4 is 4.74 Å². The maximum Gasteiger partial charge on any atom is 0.317 e. The summed E-state index contributed by atoms with van der Waals surface area (Å²) < 4.78 is 10.6. The van der Waals surface area contributed by atoms with Crippen molar-refractivity contribution < 1.29 is 19.4 Å². The first-order chi connectivity index (χ1) is 9.61. The van der Waals surface area contributed by atoms with Crippen LogP contribution in [0.15, 0.2) is 24.3 Å². The molecule has 1 aromatic carbocycles. The van der Waals surface area contributed by atoms with E-state index in [2.05, 4.69) is 0 Å². The predicted octanol–water partition coefficient (Wildman–Crippen LogP) is 1.80. The Morgan fingerprint density at radius 3 is 2.75 bits per heavy atom. The zero-order valence-corrected chi connectivity index (χ0v) is 12.2. The number of carbonyl (C=O) groups is 1. The SMILES string of the molecule is COCCN(CCCOc1cccc(C)c1)CC(=O)O. The second-order valence-electron chi connectivity index (χ2n) is 4.68. The Bertz CT molecular complexity index is 409. The zero-order valence-electron chi connectivity index (χ0n) is 12.2. The highest BCUT2D eigenvalue weighted by Gasteiger charge is 2.09. The van der Waals surface area contributed by atoms with Crippen LogP contribution in [0, 0.1) is 6.92 Å². The van der Waals surface area contributed by atoms with Crippen LogP contribution in [0.3, 0.4) is 0 Å². The molecule has 0 fully saturated rings. The minimum Gasteiger partial charge on any atom is -0.494 e. The number of hydrogen-bond donors (Lipinski definition) is 1. The Hall–Kier alpha value is -1.59. The molecule has 0 unspecified atom stereocenters. The standard InChI is InChI=1S/C15H23NO4/c1-13-5-3-6-14(11-13)20-9-4-7-16(8-10-19-2)12-15(17)18/h3,5-6,11H,4,7-10,12H2,1-2H3,(H,17,18). The lowest BCUT2D eigenvalue weighted by atomic mass is 10.2. The van der Waals surface area contributed by atoms with Gasteiger partial charge in [-0.1, -0.05) is 12.1 Å². The average Bonchev–Trinajstić information content (AvgIpc) is 2.40. The summed E-state index contributed by atoms with van der Waals surface area (Å²) in [6.45, 7) is 4.47. The Morgan fingerprint density at radius 2 is 2.10 bits per heavy atom. The summed E-state index contributed by atoms with van der Waals surface area (Å²) in [5.74, 6) is 0.0346. The van der Waals surface area contributed by atoms with Gasteiger partial charge in [-0.25, -0.2) is 0 Å². The lowest BCUT2D eigenvalue weighted by Crippen LogP contribution is -2.34. The molecule has 112 valence electrons. The van der Waals surface area contributed by atoms with E-state index >= 15 is 0 Å². The molecule has 1 N–H and O–H groups in total. The Kier molecular flexibility index (Phi) is 7.69. The molecule has 0 aliphatic heterocycles. The number of methoxy groups -OCH3 is 1. The number of aliphatic carboxylic acids is 1. The molecular formula is C15H23NO4. The molecule has 0 aromatic heterocycles. The molecule has 5 heteroatoms. The second kappa shape index (κ2) is 9.34. The normalized spacial score (nSPS) is 10.8. The number of nitrogens with zero attached hydrogens (tertiary/aromatic N) is 1. The van der Waals surface area contributed by atoms with Gasteiger partial charge in [-0.05, 0) is 31.0 Å². The first-order valence-corrected chi connectivity index (χ1v) is 6.74. The summed E-state index contributed by atoms with van der Waals surface area (Å²) >= 11 is 0. The van der Waals surface area contributed by atoms with Crippen LogP contribution in [0.4, 0.5) is 0 Å². The molecule has 0 heterocycles. The molecule has 0 spiro atoms. The number of benzene rings is 1. The maximum absolute atomic E-state index is 10.8. The van der Waals surface area contributed by atoms with Crippen LogP contribution in [0.2, 0.25) is 0 Å². The van der Waals surface area contributed by atoms with Crippen molar-refractivity contribution in [3.8, 4) is 5.75 Å². The van der Waals surface area contributed by atoms with Gasteiger partial charge in [0.15, 0.2) is 0 Å². The summed E-state index contributed by atoms with van der Waals surface area (Å²) in [6.07, 6.45) is 0.783. The van der Waals surface area contributed by atoms with Gasteiger partial charge < -0.3 is 14.6 Å². The van der Waals surface area contributed by atoms with Crippen LogP contribution in [0.25, 0.3) is 0 Å². The molecule has 0 bridgehead atoms. The average molecular weight is 281 g/mol. The van der Waals surface area contributed by atoms with E-state index in [9.17, 15) is 4.79 Å². The first-order valence-electron chi connectivity index (χ1n) is 6.74. The maximum atomic E-state index is 10.8. The zero-order chi connectivity index (χ0) is 14.8. The highest BCUT2D eigenvalue weighted by Crippen LogP contribution is 2.12. The topological polar surface area (TPSA) is 59.0 Å². The molecule has 0 radical (unpaired) electrons. The third-order valence-corrected chi connectivity index (χ3v) is 2.85. The highest BCUT2D eigenvalue weighted by molar-refractivity contribution is 5.69. The number of ether oxygens (including phenoxy) is 2. The molecule has 0 amide bonds. The Morgan fingerprint density at radius 1 is 1.30 bits per heavy atom. The molecular weight excluding hydrogens is 258 g/mol. The summed E-state index contributed by atoms with van der Waals surface area (Å²) in [5.41, 5.74) is 1.16. The van der Waals surface area contributed by atoms with Gasteiger partial charge in [-0.2, -0.15) is 0 Å². The van der Waals surface area contributed by atoms with Crippen LogP contribution in [-0.4, -0.2) is 55.9 Å². The molecule has 0 saturated heterocycles. The number of carboxylic acids is 1. The largest absolute Gasteiger partial charge is 0.494 e. The van der Waals surface area contributed by atoms with E-state index in [1.165, 1.54) is 0 Å². The van der Waals surface area contributed by atoms with Crippen molar-refractivity contribution in [3.63, 3.8) is 0 Å². The van der Waals surface area contributed by atoms with Gasteiger partial charge in [-0.15, -0.1) is 0 Å². The number of hydrogen-bond acceptors (Lipinski definition) is 4. The van der Waals surface area contributed by atoms with Crippen LogP contribution in [0.5, 0.6) is 5.75 Å². The third kappa shape index (κ3) is 7.11. The van der Waals surface area contributed by atoms with Crippen molar-refractivity contribution in [1.82, 2.24) is 4.90 Å². The minimum absolute atomic E-state index is 0.0355. The molecule has 5 nitrogen and oxygen atoms in total. The fraction of sp³-hybridized carbons (Fsp3) is 0.533. The van der Waals surface area contributed by atoms with Crippen LogP contribution >= 0.6 is 0 Å². The lowest BCUT2D eigenvalue weighted by molar-refractivity contribution is -0.138. The number of rotatable bonds is 10. The van der Waals surface area contributed by atoms with E-state index < -0.39 is 5.97 Å². The van der Waals surface area contributed by atoms with E-state index in [-0.39, 0.29) is 6.54 Å². The van der Waals surface area contributed by atoms with Crippen molar-refractivity contribution in [2.24, 2.45) is 0 Å². The number of aryl methyl sites for hydroxylation is 1. The fourth-order valence-electron chi connectivity index (χ4n) is 1.86. The van der Waals surface area contributed by atoms with E-state index in [1.807, 2.05) is 36.1 Å². The molecule has 1 rings (SSSR count). The summed E-state index contributed by atoms with van der Waals surface area (Å²) in [7, 11) is 1.61. The van der Waals surface area contributed by atoms with Gasteiger partial charge in [0.25, 0.3) is 0 Å². The molecule has 1 aromatic rings. The Balaban J connectivity index is 2.27. The third-order valence-electron chi connectivity index (χ3n) is 2.85. The van der Waals surface area contributed by atoms with Gasteiger partial charge in [0.1, 0.15) is 5.75 Å². The summed E-state index contributed by atoms with van der Waals surface area (Å²) in [5, 5.41) is 8.83. The summed E-state index contributed by atoms with van der Waals surface area (Å²) in [4.78, 5) is 12.6. The van der Waals surface area contributed by atoms with Gasteiger partial charge >= 0.3 is 5.97 Å². The smallest absolute Gasteiger partial charge is 0.317 e. The van der Waals surface area contributed by atoms with E-state index in [0.29, 0.717) is 26.3 Å². The van der Waals surface area contributed by atoms with Crippen molar-refractivity contribution in [1.29, 1.82) is 0 Å². The van der Waals surface area contributed by atoms with Crippen molar-refractivity contribution in [3.05, 3.63) is 29.8 Å². The van der Waals surface area contributed by atoms with Crippen molar-refractivity contribution in [2.75, 3.05) is 40.0 Å². The van der Waals surface area contributed by atoms with Gasteiger partial charge in [-0.3, -0.25) is 9.69 Å². The minimum atomic E-state index is -0.819. The quantitative estimate of drug-likeness (QED) is 0.663. The van der Waals surface area contributed by atoms with E-state index in [1.54, 1.807) is 7.11 Å². The summed E-state index contributed by atoms with van der Waals surface area (Å²) in [6, 6.07) is 7.89. The van der Waals surface area contributed by atoms with Gasteiger partial charge in [0, 0.05) is 20.2 Å². The van der Waals surface area contributed by atoms with Crippen LogP contribution in [-0.2, 0) is 9.53 Å². The lowest BCUT2D eigenvalue weighted by Gasteiger charge is -2.19. The monoisotopic (exact) mass is 281 g/mol. The van der Waals surface area contributed by atoms with Crippen LogP contribution in [0.1, 0.15) is 12.0 Å². The molecule has 0 aliphatic carbocycles. The van der Waals surface area contributed by atoms with E-state index in [0.717, 1.165) is 17.7 Å². The Labute approximate surface area is 120 Å². The molecule has 20 heavy (non-hydrogen) atoms. The van der Waals surface area contributed by atoms with Crippen molar-refractivity contribution in [2.45, 2.75) is 13.3 Å². The predicted molar refractivity (Wildman–Crippen MR) is 77.2 cm³/mol. The van der Waals surface area contributed by atoms with Crippen molar-refractivity contribution >= 4 is 5.97 Å². The number of carboxylic acid groups (broad SMARTS) is 1. The molecule has 0 aliphatic rings. The molecule has 0 atom stereocenters. The fourth-order valence-corrected chi connectivity index (χ4v) is 1.86. The first kappa shape index (κ1) is 16.5.